The van der Waals surface area contributed by atoms with Gasteiger partial charge in [0.05, 0.1) is 12.2 Å². The number of amides is 1. The Bertz CT molecular complexity index is 438. The maximum absolute atomic E-state index is 12.1. The van der Waals surface area contributed by atoms with E-state index in [4.69, 9.17) is 0 Å². The first-order chi connectivity index (χ1) is 9.56. The van der Waals surface area contributed by atoms with Crippen LogP contribution in [0.3, 0.4) is 0 Å². The van der Waals surface area contributed by atoms with Crippen LogP contribution in [0.1, 0.15) is 36.3 Å². The molecule has 0 radical (unpaired) electrons. The van der Waals surface area contributed by atoms with Gasteiger partial charge in [0.1, 0.15) is 0 Å². The number of likely N-dealkylation sites (N-methyl/N-ethyl adjacent to an activating group) is 1. The second kappa shape index (κ2) is 6.81. The Kier molecular flexibility index (Phi) is 5.08. The van der Waals surface area contributed by atoms with E-state index in [2.05, 4.69) is 20.9 Å². The molecule has 1 atom stereocenters. The minimum Gasteiger partial charge on any atom is -0.347 e. The number of aromatic nitrogens is 3. The van der Waals surface area contributed by atoms with E-state index < -0.39 is 0 Å². The molecule has 2 N–H and O–H groups in total. The normalized spacial score (nSPS) is 18.2. The van der Waals surface area contributed by atoms with Gasteiger partial charge in [0.25, 0.3) is 5.91 Å². The maximum atomic E-state index is 12.1. The molecule has 7 heteroatoms. The van der Waals surface area contributed by atoms with Crippen molar-refractivity contribution in [2.45, 2.75) is 31.8 Å². The molecule has 1 fully saturated rings. The highest BCUT2D eigenvalue weighted by molar-refractivity contribution is 5.92. The standard InChI is InChI=1S/C13H24N6O/c1-10(8-18(2)3)15-13(20)12-9-19(17-16-12)11-4-6-14-7-5-11/h9-11,14H,4-8H2,1-3H3,(H,15,20). The minimum atomic E-state index is -0.153. The average molecular weight is 280 g/mol. The third kappa shape index (κ3) is 4.01. The maximum Gasteiger partial charge on any atom is 0.273 e. The summed E-state index contributed by atoms with van der Waals surface area (Å²) < 4.78 is 1.83. The Morgan fingerprint density at radius 1 is 1.55 bits per heavy atom. The van der Waals surface area contributed by atoms with Crippen LogP contribution in [-0.2, 0) is 0 Å². The lowest BCUT2D eigenvalue weighted by Gasteiger charge is -2.22. The van der Waals surface area contributed by atoms with Gasteiger partial charge in [-0.2, -0.15) is 0 Å². The van der Waals surface area contributed by atoms with Crippen molar-refractivity contribution in [1.29, 1.82) is 0 Å². The second-order valence-corrected chi connectivity index (χ2v) is 5.70. The zero-order chi connectivity index (χ0) is 14.5. The Morgan fingerprint density at radius 3 is 2.90 bits per heavy atom. The van der Waals surface area contributed by atoms with Gasteiger partial charge in [-0.15, -0.1) is 5.10 Å². The van der Waals surface area contributed by atoms with Crippen LogP contribution in [0.5, 0.6) is 0 Å². The molecule has 1 unspecified atom stereocenters. The van der Waals surface area contributed by atoms with Crippen molar-refractivity contribution < 1.29 is 4.79 Å². The van der Waals surface area contributed by atoms with Crippen molar-refractivity contribution in [2.75, 3.05) is 33.7 Å². The Labute approximate surface area is 119 Å². The predicted molar refractivity (Wildman–Crippen MR) is 76.6 cm³/mol. The van der Waals surface area contributed by atoms with Crippen molar-refractivity contribution >= 4 is 5.91 Å². The number of nitrogens with one attached hydrogen (secondary N) is 2. The monoisotopic (exact) mass is 280 g/mol. The van der Waals surface area contributed by atoms with E-state index >= 15 is 0 Å². The molecular formula is C13H24N6O. The van der Waals surface area contributed by atoms with Crippen LogP contribution in [-0.4, -0.2) is 65.6 Å². The van der Waals surface area contributed by atoms with Gasteiger partial charge in [-0.1, -0.05) is 5.21 Å². The quantitative estimate of drug-likeness (QED) is 0.787. The summed E-state index contributed by atoms with van der Waals surface area (Å²) in [7, 11) is 3.96. The van der Waals surface area contributed by atoms with Gasteiger partial charge in [-0.25, -0.2) is 4.68 Å². The molecule has 0 saturated carbocycles. The fourth-order valence-corrected chi connectivity index (χ4v) is 2.52. The molecule has 112 valence electrons. The number of carbonyl (C=O) groups is 1. The molecular weight excluding hydrogens is 256 g/mol. The van der Waals surface area contributed by atoms with Crippen LogP contribution in [0.4, 0.5) is 0 Å². The van der Waals surface area contributed by atoms with Gasteiger partial charge in [-0.05, 0) is 47.0 Å². The molecule has 2 heterocycles. The van der Waals surface area contributed by atoms with Crippen molar-refractivity contribution in [3.63, 3.8) is 0 Å². The molecule has 0 spiro atoms. The fourth-order valence-electron chi connectivity index (χ4n) is 2.52. The van der Waals surface area contributed by atoms with E-state index in [-0.39, 0.29) is 11.9 Å². The van der Waals surface area contributed by atoms with Gasteiger partial charge < -0.3 is 15.5 Å². The lowest BCUT2D eigenvalue weighted by atomic mass is 10.1. The number of carbonyl (C=O) groups excluding carboxylic acids is 1. The summed E-state index contributed by atoms with van der Waals surface area (Å²) in [5.74, 6) is -0.153. The molecule has 1 aromatic rings. The number of nitrogens with zero attached hydrogens (tertiary/aromatic N) is 4. The van der Waals surface area contributed by atoms with E-state index in [1.54, 1.807) is 6.20 Å². The topological polar surface area (TPSA) is 75.1 Å². The molecule has 0 bridgehead atoms. The van der Waals surface area contributed by atoms with Crippen LogP contribution in [0.2, 0.25) is 0 Å². The van der Waals surface area contributed by atoms with Crippen LogP contribution in [0, 0.1) is 0 Å². The van der Waals surface area contributed by atoms with E-state index in [1.807, 2.05) is 30.6 Å². The third-order valence-electron chi connectivity index (χ3n) is 3.44. The molecule has 0 aliphatic carbocycles. The van der Waals surface area contributed by atoms with Gasteiger partial charge in [-0.3, -0.25) is 4.79 Å². The van der Waals surface area contributed by atoms with Crippen molar-refractivity contribution in [1.82, 2.24) is 30.5 Å². The number of hydrogen-bond donors (Lipinski definition) is 2. The van der Waals surface area contributed by atoms with Gasteiger partial charge >= 0.3 is 0 Å². The predicted octanol–water partition coefficient (Wildman–Crippen LogP) is -0.117. The molecule has 1 saturated heterocycles. The van der Waals surface area contributed by atoms with Crippen molar-refractivity contribution in [2.24, 2.45) is 0 Å². The average Bonchev–Trinajstić information content (AvgIpc) is 2.88. The van der Waals surface area contributed by atoms with Gasteiger partial charge in [0, 0.05) is 12.6 Å². The number of piperidine rings is 1. The Hall–Kier alpha value is -1.47. The van der Waals surface area contributed by atoms with Crippen LogP contribution >= 0.6 is 0 Å². The van der Waals surface area contributed by atoms with E-state index in [9.17, 15) is 4.79 Å². The van der Waals surface area contributed by atoms with Crippen LogP contribution in [0.15, 0.2) is 6.20 Å². The second-order valence-electron chi connectivity index (χ2n) is 5.70. The zero-order valence-corrected chi connectivity index (χ0v) is 12.5. The van der Waals surface area contributed by atoms with Crippen molar-refractivity contribution in [3.8, 4) is 0 Å². The van der Waals surface area contributed by atoms with Crippen LogP contribution in [0.25, 0.3) is 0 Å². The molecule has 1 aliphatic rings. The zero-order valence-electron chi connectivity index (χ0n) is 12.5. The molecule has 1 aliphatic heterocycles. The molecule has 0 aromatic carbocycles. The SMILES string of the molecule is CC(CN(C)C)NC(=O)c1cn(C2CCNCC2)nn1. The van der Waals surface area contributed by atoms with E-state index in [0.717, 1.165) is 32.5 Å². The molecule has 1 amide bonds. The summed E-state index contributed by atoms with van der Waals surface area (Å²) in [5.41, 5.74) is 0.397. The summed E-state index contributed by atoms with van der Waals surface area (Å²) in [4.78, 5) is 14.1. The Balaban J connectivity index is 1.92. The summed E-state index contributed by atoms with van der Waals surface area (Å²) in [6.45, 7) is 4.77. The highest BCUT2D eigenvalue weighted by Gasteiger charge is 2.19. The summed E-state index contributed by atoms with van der Waals surface area (Å²) >= 11 is 0. The minimum absolute atomic E-state index is 0.0848. The van der Waals surface area contributed by atoms with E-state index in [0.29, 0.717) is 11.7 Å². The van der Waals surface area contributed by atoms with Crippen LogP contribution < -0.4 is 10.6 Å². The Morgan fingerprint density at radius 2 is 2.25 bits per heavy atom. The van der Waals surface area contributed by atoms with Gasteiger partial charge in [0.15, 0.2) is 5.69 Å². The first-order valence-corrected chi connectivity index (χ1v) is 7.14. The lowest BCUT2D eigenvalue weighted by molar-refractivity contribution is 0.0929. The largest absolute Gasteiger partial charge is 0.347 e. The summed E-state index contributed by atoms with van der Waals surface area (Å²) in [5, 5.41) is 14.3. The number of rotatable bonds is 5. The first kappa shape index (κ1) is 14.9. The summed E-state index contributed by atoms with van der Waals surface area (Å²) in [6.07, 6.45) is 3.82. The van der Waals surface area contributed by atoms with Gasteiger partial charge in [0.2, 0.25) is 0 Å². The highest BCUT2D eigenvalue weighted by Crippen LogP contribution is 2.16. The molecule has 7 nitrogen and oxygen atoms in total. The lowest BCUT2D eigenvalue weighted by Crippen LogP contribution is -2.39. The first-order valence-electron chi connectivity index (χ1n) is 7.14. The molecule has 20 heavy (non-hydrogen) atoms. The molecule has 1 aromatic heterocycles. The highest BCUT2D eigenvalue weighted by atomic mass is 16.2. The third-order valence-corrected chi connectivity index (χ3v) is 3.44. The fraction of sp³-hybridized carbons (Fsp3) is 0.769. The summed E-state index contributed by atoms with van der Waals surface area (Å²) in [6, 6.07) is 0.436. The van der Waals surface area contributed by atoms with Crippen molar-refractivity contribution in [3.05, 3.63) is 11.9 Å². The van der Waals surface area contributed by atoms with E-state index in [1.165, 1.54) is 0 Å². The smallest absolute Gasteiger partial charge is 0.273 e. The number of hydrogen-bond acceptors (Lipinski definition) is 5. The molecule has 2 rings (SSSR count).